The summed E-state index contributed by atoms with van der Waals surface area (Å²) >= 11 is 5.92. The lowest BCUT2D eigenvalue weighted by molar-refractivity contribution is 0.0743. The Morgan fingerprint density at radius 3 is 2.76 bits per heavy atom. The van der Waals surface area contributed by atoms with Gasteiger partial charge in [0.1, 0.15) is 5.82 Å². The first-order chi connectivity index (χ1) is 12.2. The Hall–Kier alpha value is -1.68. The summed E-state index contributed by atoms with van der Waals surface area (Å²) in [5.41, 5.74) is 1.78. The molecule has 0 radical (unpaired) electrons. The predicted molar refractivity (Wildman–Crippen MR) is 101 cm³/mol. The van der Waals surface area contributed by atoms with Crippen LogP contribution in [0.1, 0.15) is 24.0 Å². The average molecular weight is 360 g/mol. The molecule has 2 aromatic carbocycles. The molecule has 1 atom stereocenters. The molecule has 1 aliphatic heterocycles. The van der Waals surface area contributed by atoms with Crippen molar-refractivity contribution in [3.63, 3.8) is 0 Å². The molecule has 0 N–H and O–H groups in total. The molecule has 2 nitrogen and oxygen atoms in total. The van der Waals surface area contributed by atoms with Crippen LogP contribution in [0.4, 0.5) is 4.39 Å². The van der Waals surface area contributed by atoms with Gasteiger partial charge in [0.25, 0.3) is 0 Å². The summed E-state index contributed by atoms with van der Waals surface area (Å²) in [6.45, 7) is 2.88. The van der Waals surface area contributed by atoms with Gasteiger partial charge in [-0.1, -0.05) is 66.2 Å². The summed E-state index contributed by atoms with van der Waals surface area (Å²) < 4.78 is 20.0. The van der Waals surface area contributed by atoms with E-state index in [4.69, 9.17) is 16.3 Å². The number of hydrogen-bond acceptors (Lipinski definition) is 2. The third-order valence-electron chi connectivity index (χ3n) is 4.38. The van der Waals surface area contributed by atoms with Crippen LogP contribution in [0.5, 0.6) is 0 Å². The first kappa shape index (κ1) is 18.1. The highest BCUT2D eigenvalue weighted by Gasteiger charge is 2.20. The van der Waals surface area contributed by atoms with E-state index >= 15 is 0 Å². The molecule has 0 aromatic heterocycles. The van der Waals surface area contributed by atoms with Gasteiger partial charge >= 0.3 is 0 Å². The number of halogens is 2. The maximum absolute atomic E-state index is 14.3. The average Bonchev–Trinajstić information content (AvgIpc) is 3.13. The van der Waals surface area contributed by atoms with Crippen LogP contribution in [-0.4, -0.2) is 30.7 Å². The minimum Gasteiger partial charge on any atom is -0.377 e. The minimum atomic E-state index is -0.325. The Kier molecular flexibility index (Phi) is 6.62. The SMILES string of the molecule is Fc1c(Cl)cccc1CN(CC=Cc1ccccc1)CC1CCCO1. The molecule has 4 heteroatoms. The van der Waals surface area contributed by atoms with E-state index in [0.717, 1.165) is 38.1 Å². The summed E-state index contributed by atoms with van der Waals surface area (Å²) in [6.07, 6.45) is 6.61. The van der Waals surface area contributed by atoms with Crippen LogP contribution in [0.3, 0.4) is 0 Å². The van der Waals surface area contributed by atoms with Gasteiger partial charge in [-0.25, -0.2) is 4.39 Å². The van der Waals surface area contributed by atoms with Gasteiger partial charge in [0.2, 0.25) is 0 Å². The molecular formula is C21H23ClFNO. The monoisotopic (exact) mass is 359 g/mol. The summed E-state index contributed by atoms with van der Waals surface area (Å²) in [5, 5.41) is 0.175. The molecule has 1 aliphatic rings. The zero-order valence-electron chi connectivity index (χ0n) is 14.2. The zero-order chi connectivity index (χ0) is 17.5. The van der Waals surface area contributed by atoms with Crippen LogP contribution in [0.15, 0.2) is 54.6 Å². The van der Waals surface area contributed by atoms with Crippen molar-refractivity contribution in [2.45, 2.75) is 25.5 Å². The van der Waals surface area contributed by atoms with E-state index < -0.39 is 0 Å². The molecular weight excluding hydrogens is 337 g/mol. The van der Waals surface area contributed by atoms with E-state index in [1.807, 2.05) is 18.2 Å². The second-order valence-electron chi connectivity index (χ2n) is 6.36. The summed E-state index contributed by atoms with van der Waals surface area (Å²) in [4.78, 5) is 2.21. The number of ether oxygens (including phenoxy) is 1. The van der Waals surface area contributed by atoms with Crippen LogP contribution in [-0.2, 0) is 11.3 Å². The molecule has 1 unspecified atom stereocenters. The van der Waals surface area contributed by atoms with Gasteiger partial charge in [-0.3, -0.25) is 4.90 Å². The van der Waals surface area contributed by atoms with E-state index in [1.54, 1.807) is 18.2 Å². The third-order valence-corrected chi connectivity index (χ3v) is 4.68. The molecule has 1 heterocycles. The Labute approximate surface area is 153 Å². The molecule has 0 saturated carbocycles. The maximum atomic E-state index is 14.3. The molecule has 1 saturated heterocycles. The number of hydrogen-bond donors (Lipinski definition) is 0. The lowest BCUT2D eigenvalue weighted by Gasteiger charge is -2.24. The van der Waals surface area contributed by atoms with Crippen molar-refractivity contribution in [3.8, 4) is 0 Å². The molecule has 25 heavy (non-hydrogen) atoms. The summed E-state index contributed by atoms with van der Waals surface area (Å²) in [7, 11) is 0. The fourth-order valence-electron chi connectivity index (χ4n) is 3.09. The highest BCUT2D eigenvalue weighted by Crippen LogP contribution is 2.21. The van der Waals surface area contributed by atoms with Gasteiger partial charge in [0.05, 0.1) is 11.1 Å². The number of nitrogens with zero attached hydrogens (tertiary/aromatic N) is 1. The van der Waals surface area contributed by atoms with Gasteiger partial charge in [-0.15, -0.1) is 0 Å². The Morgan fingerprint density at radius 1 is 1.16 bits per heavy atom. The molecule has 0 amide bonds. The summed E-state index contributed by atoms with van der Waals surface area (Å²) in [5.74, 6) is -0.325. The highest BCUT2D eigenvalue weighted by molar-refractivity contribution is 6.30. The molecule has 0 spiro atoms. The van der Waals surface area contributed by atoms with Crippen molar-refractivity contribution in [3.05, 3.63) is 76.6 Å². The number of rotatable bonds is 7. The Balaban J connectivity index is 1.68. The fraction of sp³-hybridized carbons (Fsp3) is 0.333. The van der Waals surface area contributed by atoms with Gasteiger partial charge in [-0.2, -0.15) is 0 Å². The van der Waals surface area contributed by atoms with Gasteiger partial charge in [-0.05, 0) is 24.5 Å². The first-order valence-corrected chi connectivity index (χ1v) is 9.08. The van der Waals surface area contributed by atoms with Gasteiger partial charge in [0, 0.05) is 31.8 Å². The lowest BCUT2D eigenvalue weighted by atomic mass is 10.1. The van der Waals surface area contributed by atoms with Crippen molar-refractivity contribution in [2.24, 2.45) is 0 Å². The predicted octanol–water partition coefficient (Wildman–Crippen LogP) is 5.17. The second kappa shape index (κ2) is 9.14. The van der Waals surface area contributed by atoms with Crippen molar-refractivity contribution < 1.29 is 9.13 Å². The van der Waals surface area contributed by atoms with Gasteiger partial charge in [0.15, 0.2) is 0 Å². The molecule has 3 rings (SSSR count). The van der Waals surface area contributed by atoms with Crippen LogP contribution >= 0.6 is 11.6 Å². The Bertz CT molecular complexity index is 698. The normalized spacial score (nSPS) is 17.6. The lowest BCUT2D eigenvalue weighted by Crippen LogP contribution is -2.32. The fourth-order valence-corrected chi connectivity index (χ4v) is 3.29. The maximum Gasteiger partial charge on any atom is 0.146 e. The molecule has 0 bridgehead atoms. The number of benzene rings is 2. The zero-order valence-corrected chi connectivity index (χ0v) is 15.0. The molecule has 2 aromatic rings. The van der Waals surface area contributed by atoms with Crippen LogP contribution < -0.4 is 0 Å². The van der Waals surface area contributed by atoms with Gasteiger partial charge < -0.3 is 4.74 Å². The van der Waals surface area contributed by atoms with Crippen LogP contribution in [0.25, 0.3) is 6.08 Å². The van der Waals surface area contributed by atoms with Crippen molar-refractivity contribution in [1.29, 1.82) is 0 Å². The highest BCUT2D eigenvalue weighted by atomic mass is 35.5. The van der Waals surface area contributed by atoms with Crippen molar-refractivity contribution in [1.82, 2.24) is 4.90 Å². The van der Waals surface area contributed by atoms with Crippen molar-refractivity contribution in [2.75, 3.05) is 19.7 Å². The van der Waals surface area contributed by atoms with E-state index in [9.17, 15) is 4.39 Å². The van der Waals surface area contributed by atoms with E-state index in [-0.39, 0.29) is 16.9 Å². The molecule has 1 fully saturated rings. The smallest absolute Gasteiger partial charge is 0.146 e. The topological polar surface area (TPSA) is 12.5 Å². The first-order valence-electron chi connectivity index (χ1n) is 8.71. The largest absolute Gasteiger partial charge is 0.377 e. The van der Waals surface area contributed by atoms with E-state index in [0.29, 0.717) is 12.1 Å². The third kappa shape index (κ3) is 5.40. The summed E-state index contributed by atoms with van der Waals surface area (Å²) in [6, 6.07) is 15.4. The van der Waals surface area contributed by atoms with E-state index in [2.05, 4.69) is 29.2 Å². The van der Waals surface area contributed by atoms with Crippen LogP contribution in [0.2, 0.25) is 5.02 Å². The van der Waals surface area contributed by atoms with Crippen LogP contribution in [0, 0.1) is 5.82 Å². The van der Waals surface area contributed by atoms with E-state index in [1.165, 1.54) is 0 Å². The Morgan fingerprint density at radius 2 is 2.00 bits per heavy atom. The standard InChI is InChI=1S/C21H23ClFNO/c22-20-12-4-10-18(21(20)23)15-24(16-19-11-6-14-25-19)13-5-9-17-7-2-1-3-8-17/h1-5,7-10,12,19H,6,11,13-16H2. The van der Waals surface area contributed by atoms with Crippen molar-refractivity contribution >= 4 is 17.7 Å². The molecule has 0 aliphatic carbocycles. The second-order valence-corrected chi connectivity index (χ2v) is 6.76. The molecule has 132 valence electrons. The quantitative estimate of drug-likeness (QED) is 0.676. The minimum absolute atomic E-state index is 0.175.